The summed E-state index contributed by atoms with van der Waals surface area (Å²) in [6, 6.07) is 16.8. The van der Waals surface area contributed by atoms with Gasteiger partial charge in [-0.3, -0.25) is 14.7 Å². The minimum absolute atomic E-state index is 0.150. The van der Waals surface area contributed by atoms with E-state index in [1.54, 1.807) is 6.08 Å². The molecule has 248 valence electrons. The predicted octanol–water partition coefficient (Wildman–Crippen LogP) is 5.28. The maximum Gasteiger partial charge on any atom is 0.248 e. The summed E-state index contributed by atoms with van der Waals surface area (Å²) in [6.45, 7) is 9.65. The molecule has 0 spiro atoms. The number of carbonyl (C=O) groups excluding carboxylic acids is 1. The van der Waals surface area contributed by atoms with Crippen molar-refractivity contribution in [3.8, 4) is 11.3 Å². The third kappa shape index (κ3) is 8.25. The third-order valence-electron chi connectivity index (χ3n) is 8.95. The summed E-state index contributed by atoms with van der Waals surface area (Å²) in [5, 5.41) is 12.0. The van der Waals surface area contributed by atoms with Crippen molar-refractivity contribution < 1.29 is 4.79 Å². The van der Waals surface area contributed by atoms with E-state index in [2.05, 4.69) is 58.7 Å². The molecule has 0 unspecified atom stereocenters. The van der Waals surface area contributed by atoms with Crippen LogP contribution in [0.1, 0.15) is 39.2 Å². The van der Waals surface area contributed by atoms with Gasteiger partial charge >= 0.3 is 0 Å². The second-order valence-corrected chi connectivity index (χ2v) is 12.9. The molecule has 1 fully saturated rings. The lowest BCUT2D eigenvalue weighted by atomic mass is 9.99. The van der Waals surface area contributed by atoms with Crippen molar-refractivity contribution in [3.05, 3.63) is 83.8 Å². The van der Waals surface area contributed by atoms with Crippen LogP contribution in [0.2, 0.25) is 0 Å². The van der Waals surface area contributed by atoms with Crippen LogP contribution in [-0.4, -0.2) is 91.4 Å². The molecular weight excluding hydrogens is 586 g/mol. The quantitative estimate of drug-likeness (QED) is 0.275. The number of hydrogen-bond donors (Lipinski definition) is 3. The Labute approximate surface area is 279 Å². The maximum atomic E-state index is 12.4. The molecule has 0 saturated carbocycles. The topological polar surface area (TPSA) is 100 Å². The van der Waals surface area contributed by atoms with Gasteiger partial charge in [0.05, 0.1) is 12.2 Å². The number of nitrogens with one attached hydrogen (secondary N) is 3. The Hall–Kier alpha value is -4.54. The highest BCUT2D eigenvalue weighted by atomic mass is 16.1. The van der Waals surface area contributed by atoms with Gasteiger partial charge in [-0.1, -0.05) is 50.3 Å². The molecule has 3 N–H and O–H groups in total. The number of benzene rings is 2. The standard InChI is InChI=1S/C37H49N9O/c1-25(2)26(3)35-42-37(46-21-17-29(38-4)18-22-46)43-36(45(35)7)40-24-28-11-8-9-12-31(28)34-32-15-14-30(23-27(32)16-19-39-34)41-33(47)13-10-20-44(5)6/h8-16,19,23,25,29,38H,17-18,20-22,24H2,1-7H3,(H,41,47)(H,40,42,43)/b13-10+,35-26+. The van der Waals surface area contributed by atoms with Crippen LogP contribution in [0, 0.1) is 5.92 Å². The molecule has 3 heterocycles. The number of anilines is 1. The molecule has 2 aromatic carbocycles. The number of guanidine groups is 2. The van der Waals surface area contributed by atoms with Crippen LogP contribution in [0.5, 0.6) is 0 Å². The smallest absolute Gasteiger partial charge is 0.248 e. The van der Waals surface area contributed by atoms with Gasteiger partial charge in [0.15, 0.2) is 0 Å². The monoisotopic (exact) mass is 635 g/mol. The van der Waals surface area contributed by atoms with Gasteiger partial charge in [-0.15, -0.1) is 0 Å². The van der Waals surface area contributed by atoms with Crippen LogP contribution >= 0.6 is 0 Å². The molecule has 47 heavy (non-hydrogen) atoms. The number of piperidine rings is 1. The molecule has 2 aliphatic rings. The summed E-state index contributed by atoms with van der Waals surface area (Å²) in [7, 11) is 8.01. The molecule has 1 amide bonds. The van der Waals surface area contributed by atoms with Crippen molar-refractivity contribution in [2.24, 2.45) is 15.9 Å². The number of amides is 1. The van der Waals surface area contributed by atoms with Crippen molar-refractivity contribution in [1.29, 1.82) is 0 Å². The first kappa shape index (κ1) is 33.8. The number of allylic oxidation sites excluding steroid dienone is 1. The van der Waals surface area contributed by atoms with Gasteiger partial charge in [-0.25, -0.2) is 4.99 Å². The largest absolute Gasteiger partial charge is 0.342 e. The number of pyridine rings is 1. The Bertz CT molecular complexity index is 1700. The molecule has 0 bridgehead atoms. The second kappa shape index (κ2) is 15.4. The Kier molecular flexibility index (Phi) is 11.1. The van der Waals surface area contributed by atoms with Crippen molar-refractivity contribution >= 4 is 34.3 Å². The first-order valence-electron chi connectivity index (χ1n) is 16.5. The van der Waals surface area contributed by atoms with Crippen LogP contribution in [0.15, 0.2) is 88.3 Å². The summed E-state index contributed by atoms with van der Waals surface area (Å²) >= 11 is 0. The van der Waals surface area contributed by atoms with Gasteiger partial charge < -0.3 is 25.8 Å². The van der Waals surface area contributed by atoms with Gasteiger partial charge in [-0.2, -0.15) is 4.99 Å². The Morgan fingerprint density at radius 2 is 1.91 bits per heavy atom. The summed E-state index contributed by atoms with van der Waals surface area (Å²) in [5.74, 6) is 2.82. The Morgan fingerprint density at radius 1 is 1.15 bits per heavy atom. The van der Waals surface area contributed by atoms with E-state index >= 15 is 0 Å². The number of carbonyl (C=O) groups is 1. The van der Waals surface area contributed by atoms with Gasteiger partial charge in [0.2, 0.25) is 17.8 Å². The normalized spacial score (nSPS) is 18.0. The lowest BCUT2D eigenvalue weighted by Crippen LogP contribution is -2.53. The number of fused-ring (bicyclic) bond motifs is 1. The van der Waals surface area contributed by atoms with Crippen LogP contribution < -0.4 is 16.0 Å². The van der Waals surface area contributed by atoms with E-state index in [9.17, 15) is 4.79 Å². The number of aliphatic imine (C=N–C) groups is 2. The molecule has 0 radical (unpaired) electrons. The number of hydrogen-bond acceptors (Lipinski definition) is 7. The van der Waals surface area contributed by atoms with Crippen LogP contribution in [0.4, 0.5) is 5.69 Å². The van der Waals surface area contributed by atoms with Crippen molar-refractivity contribution in [3.63, 3.8) is 0 Å². The van der Waals surface area contributed by atoms with E-state index in [4.69, 9.17) is 15.0 Å². The highest BCUT2D eigenvalue weighted by molar-refractivity contribution is 6.03. The molecule has 10 heteroatoms. The van der Waals surface area contributed by atoms with Crippen LogP contribution in [0.25, 0.3) is 22.0 Å². The van der Waals surface area contributed by atoms with E-state index in [1.807, 2.05) is 81.8 Å². The zero-order chi connectivity index (χ0) is 33.5. The van der Waals surface area contributed by atoms with Crippen molar-refractivity contribution in [1.82, 2.24) is 30.3 Å². The van der Waals surface area contributed by atoms with E-state index in [1.165, 1.54) is 5.57 Å². The molecule has 3 aromatic rings. The summed E-state index contributed by atoms with van der Waals surface area (Å²) in [5.41, 5.74) is 4.97. The lowest BCUT2D eigenvalue weighted by molar-refractivity contribution is -0.111. The van der Waals surface area contributed by atoms with E-state index in [0.717, 1.165) is 71.0 Å². The van der Waals surface area contributed by atoms with Crippen molar-refractivity contribution in [2.45, 2.75) is 46.2 Å². The molecule has 5 rings (SSSR count). The lowest BCUT2D eigenvalue weighted by Gasteiger charge is -2.38. The summed E-state index contributed by atoms with van der Waals surface area (Å²) in [4.78, 5) is 33.8. The van der Waals surface area contributed by atoms with E-state index < -0.39 is 0 Å². The zero-order valence-electron chi connectivity index (χ0n) is 28.8. The first-order chi connectivity index (χ1) is 22.6. The van der Waals surface area contributed by atoms with E-state index in [0.29, 0.717) is 31.0 Å². The molecule has 2 aliphatic heterocycles. The highest BCUT2D eigenvalue weighted by Gasteiger charge is 2.28. The number of likely N-dealkylation sites (tertiary alicyclic amines) is 1. The fraction of sp³-hybridized carbons (Fsp3) is 0.405. The zero-order valence-corrected chi connectivity index (χ0v) is 28.8. The third-order valence-corrected chi connectivity index (χ3v) is 8.95. The van der Waals surface area contributed by atoms with Gasteiger partial charge in [0.1, 0.15) is 5.82 Å². The summed E-state index contributed by atoms with van der Waals surface area (Å²) in [6.07, 6.45) is 7.40. The maximum absolute atomic E-state index is 12.4. The number of nitrogens with zero attached hydrogens (tertiary/aromatic N) is 6. The summed E-state index contributed by atoms with van der Waals surface area (Å²) < 4.78 is 0. The fourth-order valence-electron chi connectivity index (χ4n) is 5.87. The molecule has 1 saturated heterocycles. The van der Waals surface area contributed by atoms with Gasteiger partial charge in [0.25, 0.3) is 0 Å². The second-order valence-electron chi connectivity index (χ2n) is 12.9. The number of rotatable bonds is 9. The Balaban J connectivity index is 1.43. The molecule has 0 aliphatic carbocycles. The minimum atomic E-state index is -0.150. The molecular formula is C37H49N9O. The number of likely N-dealkylation sites (N-methyl/N-ethyl adjacent to an activating group) is 1. The van der Waals surface area contributed by atoms with Crippen molar-refractivity contribution in [2.75, 3.05) is 53.1 Å². The molecule has 1 aromatic heterocycles. The SMILES string of the molecule is CNC1CCN(C2=NC(=NCc3ccccc3-c3nccc4cc(NC(=O)/C=C/CN(C)C)ccc34)N(C)/C(=C(\C)C(C)C)N2)CC1. The average Bonchev–Trinajstić information content (AvgIpc) is 3.07. The first-order valence-corrected chi connectivity index (χ1v) is 16.5. The molecule has 10 nitrogen and oxygen atoms in total. The average molecular weight is 636 g/mol. The van der Waals surface area contributed by atoms with Crippen LogP contribution in [-0.2, 0) is 11.3 Å². The van der Waals surface area contributed by atoms with E-state index in [-0.39, 0.29) is 5.91 Å². The minimum Gasteiger partial charge on any atom is -0.342 e. The molecule has 0 atom stereocenters. The van der Waals surface area contributed by atoms with Crippen LogP contribution in [0.3, 0.4) is 0 Å². The predicted molar refractivity (Wildman–Crippen MR) is 194 cm³/mol. The van der Waals surface area contributed by atoms with Gasteiger partial charge in [0, 0.05) is 61.6 Å². The Morgan fingerprint density at radius 3 is 2.64 bits per heavy atom. The fourth-order valence-corrected chi connectivity index (χ4v) is 5.87. The highest BCUT2D eigenvalue weighted by Crippen LogP contribution is 2.31. The number of aromatic nitrogens is 1. The van der Waals surface area contributed by atoms with Gasteiger partial charge in [-0.05, 0) is 81.5 Å².